The van der Waals surface area contributed by atoms with Gasteiger partial charge in [0.15, 0.2) is 0 Å². The first-order valence-corrected chi connectivity index (χ1v) is 13.5. The molecular weight excluding hydrogens is 482 g/mol. The Morgan fingerprint density at radius 2 is 1.56 bits per heavy atom. The summed E-state index contributed by atoms with van der Waals surface area (Å²) in [7, 11) is -2.24. The standard InChI is InChI=1S/C26H37N3O6S/c1-8-35-23-15-11-21(12-16-23)29(36(7,32)33)18-24(30)28(19(2)25(31)27-26(3,4)5)17-20-9-13-22(34-6)14-10-20/h9-16,19H,8,17-18H2,1-7H3,(H,27,31). The molecule has 2 rings (SSSR count). The Hall–Kier alpha value is -3.27. The molecule has 198 valence electrons. The van der Waals surface area contributed by atoms with E-state index in [9.17, 15) is 18.0 Å². The molecule has 36 heavy (non-hydrogen) atoms. The summed E-state index contributed by atoms with van der Waals surface area (Å²) in [6.45, 7) is 9.16. The molecule has 0 saturated carbocycles. The van der Waals surface area contributed by atoms with E-state index in [1.165, 1.54) is 4.90 Å². The lowest BCUT2D eigenvalue weighted by Crippen LogP contribution is -2.54. The third-order valence-corrected chi connectivity index (χ3v) is 6.43. The van der Waals surface area contributed by atoms with E-state index in [2.05, 4.69) is 5.32 Å². The van der Waals surface area contributed by atoms with E-state index in [4.69, 9.17) is 9.47 Å². The molecular formula is C26H37N3O6S. The molecule has 0 fully saturated rings. The second-order valence-electron chi connectivity index (χ2n) is 9.48. The van der Waals surface area contributed by atoms with E-state index in [0.29, 0.717) is 23.8 Å². The Labute approximate surface area is 214 Å². The van der Waals surface area contributed by atoms with E-state index in [-0.39, 0.29) is 12.5 Å². The van der Waals surface area contributed by atoms with Gasteiger partial charge < -0.3 is 19.7 Å². The van der Waals surface area contributed by atoms with Crippen LogP contribution in [0.5, 0.6) is 11.5 Å². The van der Waals surface area contributed by atoms with Crippen LogP contribution < -0.4 is 19.1 Å². The van der Waals surface area contributed by atoms with Gasteiger partial charge in [-0.2, -0.15) is 0 Å². The number of nitrogens with one attached hydrogen (secondary N) is 1. The summed E-state index contributed by atoms with van der Waals surface area (Å²) in [5, 5.41) is 2.89. The van der Waals surface area contributed by atoms with Crippen molar-refractivity contribution in [1.29, 1.82) is 0 Å². The van der Waals surface area contributed by atoms with Crippen molar-refractivity contribution in [2.24, 2.45) is 0 Å². The number of hydrogen-bond donors (Lipinski definition) is 1. The number of benzene rings is 2. The summed E-state index contributed by atoms with van der Waals surface area (Å²) in [6, 6.07) is 12.8. The van der Waals surface area contributed by atoms with E-state index in [1.807, 2.05) is 27.7 Å². The average Bonchev–Trinajstić information content (AvgIpc) is 2.80. The molecule has 0 aliphatic heterocycles. The van der Waals surface area contributed by atoms with Crippen molar-refractivity contribution in [3.8, 4) is 11.5 Å². The fraction of sp³-hybridized carbons (Fsp3) is 0.462. The minimum atomic E-state index is -3.80. The van der Waals surface area contributed by atoms with Crippen LogP contribution in [0.4, 0.5) is 5.69 Å². The maximum absolute atomic E-state index is 13.6. The third kappa shape index (κ3) is 8.44. The molecule has 0 aliphatic rings. The molecule has 0 aromatic heterocycles. The van der Waals surface area contributed by atoms with Crippen LogP contribution in [0.3, 0.4) is 0 Å². The highest BCUT2D eigenvalue weighted by atomic mass is 32.2. The number of rotatable bonds is 11. The molecule has 0 saturated heterocycles. The van der Waals surface area contributed by atoms with Crippen LogP contribution in [0.1, 0.15) is 40.2 Å². The minimum absolute atomic E-state index is 0.114. The first-order valence-electron chi connectivity index (χ1n) is 11.7. The molecule has 2 aromatic rings. The fourth-order valence-corrected chi connectivity index (χ4v) is 4.32. The van der Waals surface area contributed by atoms with Crippen molar-refractivity contribution in [3.05, 3.63) is 54.1 Å². The lowest BCUT2D eigenvalue weighted by atomic mass is 10.1. The van der Waals surface area contributed by atoms with Crippen LogP contribution in [0.2, 0.25) is 0 Å². The summed E-state index contributed by atoms with van der Waals surface area (Å²) >= 11 is 0. The lowest BCUT2D eigenvalue weighted by Gasteiger charge is -2.33. The Bertz CT molecular complexity index is 1130. The zero-order valence-corrected chi connectivity index (χ0v) is 22.9. The van der Waals surface area contributed by atoms with Crippen molar-refractivity contribution in [1.82, 2.24) is 10.2 Å². The number of sulfonamides is 1. The predicted molar refractivity (Wildman–Crippen MR) is 141 cm³/mol. The quantitative estimate of drug-likeness (QED) is 0.489. The molecule has 1 N–H and O–H groups in total. The van der Waals surface area contributed by atoms with Crippen molar-refractivity contribution in [2.75, 3.05) is 30.8 Å². The van der Waals surface area contributed by atoms with Gasteiger partial charge in [0.2, 0.25) is 21.8 Å². The molecule has 0 radical (unpaired) electrons. The zero-order chi connectivity index (χ0) is 27.1. The van der Waals surface area contributed by atoms with Crippen molar-refractivity contribution < 1.29 is 27.5 Å². The Morgan fingerprint density at radius 1 is 1.00 bits per heavy atom. The molecule has 1 unspecified atom stereocenters. The number of nitrogens with zero attached hydrogens (tertiary/aromatic N) is 2. The molecule has 2 aromatic carbocycles. The van der Waals surface area contributed by atoms with Gasteiger partial charge in [-0.1, -0.05) is 12.1 Å². The van der Waals surface area contributed by atoms with E-state index >= 15 is 0 Å². The monoisotopic (exact) mass is 519 g/mol. The number of anilines is 1. The summed E-state index contributed by atoms with van der Waals surface area (Å²) in [5.74, 6) is 0.404. The van der Waals surface area contributed by atoms with Gasteiger partial charge in [-0.15, -0.1) is 0 Å². The van der Waals surface area contributed by atoms with Crippen molar-refractivity contribution in [3.63, 3.8) is 0 Å². The van der Waals surface area contributed by atoms with Crippen LogP contribution >= 0.6 is 0 Å². The smallest absolute Gasteiger partial charge is 0.244 e. The van der Waals surface area contributed by atoms with Crippen LogP contribution in [0.25, 0.3) is 0 Å². The fourth-order valence-electron chi connectivity index (χ4n) is 3.47. The molecule has 0 spiro atoms. The van der Waals surface area contributed by atoms with Gasteiger partial charge >= 0.3 is 0 Å². The number of methoxy groups -OCH3 is 1. The van der Waals surface area contributed by atoms with Gasteiger partial charge in [0.05, 0.1) is 25.7 Å². The highest BCUT2D eigenvalue weighted by molar-refractivity contribution is 7.92. The summed E-state index contributed by atoms with van der Waals surface area (Å²) in [4.78, 5) is 27.9. The molecule has 2 amide bonds. The van der Waals surface area contributed by atoms with E-state index in [1.54, 1.807) is 62.6 Å². The Balaban J connectivity index is 2.38. The number of amides is 2. The second kappa shape index (κ2) is 12.1. The summed E-state index contributed by atoms with van der Waals surface area (Å²) in [6.07, 6.45) is 1.04. The molecule has 0 heterocycles. The van der Waals surface area contributed by atoms with Crippen LogP contribution in [0, 0.1) is 0 Å². The van der Waals surface area contributed by atoms with Gasteiger partial charge in [-0.25, -0.2) is 8.42 Å². The Kier molecular flexibility index (Phi) is 9.75. The average molecular weight is 520 g/mol. The van der Waals surface area contributed by atoms with Gasteiger partial charge in [-0.3, -0.25) is 13.9 Å². The Morgan fingerprint density at radius 3 is 2.03 bits per heavy atom. The number of carbonyl (C=O) groups is 2. The predicted octanol–water partition coefficient (Wildman–Crippen LogP) is 3.19. The van der Waals surface area contributed by atoms with E-state index < -0.39 is 34.1 Å². The molecule has 9 nitrogen and oxygen atoms in total. The highest BCUT2D eigenvalue weighted by Gasteiger charge is 2.31. The van der Waals surface area contributed by atoms with E-state index in [0.717, 1.165) is 16.1 Å². The maximum atomic E-state index is 13.6. The summed E-state index contributed by atoms with van der Waals surface area (Å²) < 4.78 is 37.0. The van der Waals surface area contributed by atoms with Gasteiger partial charge in [0, 0.05) is 12.1 Å². The third-order valence-electron chi connectivity index (χ3n) is 5.29. The van der Waals surface area contributed by atoms with Crippen LogP contribution in [-0.4, -0.2) is 63.2 Å². The van der Waals surface area contributed by atoms with Crippen molar-refractivity contribution in [2.45, 2.75) is 52.7 Å². The normalized spacial score (nSPS) is 12.4. The van der Waals surface area contributed by atoms with Gasteiger partial charge in [0.1, 0.15) is 24.1 Å². The first kappa shape index (κ1) is 29.0. The number of hydrogen-bond acceptors (Lipinski definition) is 6. The molecule has 1 atom stereocenters. The number of carbonyl (C=O) groups excluding carboxylic acids is 2. The van der Waals surface area contributed by atoms with Crippen molar-refractivity contribution >= 4 is 27.5 Å². The molecule has 0 bridgehead atoms. The number of ether oxygens (including phenoxy) is 2. The summed E-state index contributed by atoms with van der Waals surface area (Å²) in [5.41, 5.74) is 0.596. The van der Waals surface area contributed by atoms with Crippen LogP contribution in [0.15, 0.2) is 48.5 Å². The minimum Gasteiger partial charge on any atom is -0.497 e. The van der Waals surface area contributed by atoms with Gasteiger partial charge in [0.25, 0.3) is 0 Å². The second-order valence-corrected chi connectivity index (χ2v) is 11.4. The highest BCUT2D eigenvalue weighted by Crippen LogP contribution is 2.23. The molecule has 10 heteroatoms. The van der Waals surface area contributed by atoms with Gasteiger partial charge in [-0.05, 0) is 76.6 Å². The lowest BCUT2D eigenvalue weighted by molar-refractivity contribution is -0.140. The SMILES string of the molecule is CCOc1ccc(N(CC(=O)N(Cc2ccc(OC)cc2)C(C)C(=O)NC(C)(C)C)S(C)(=O)=O)cc1. The molecule has 0 aliphatic carbocycles. The maximum Gasteiger partial charge on any atom is 0.244 e. The largest absolute Gasteiger partial charge is 0.497 e. The zero-order valence-electron chi connectivity index (χ0n) is 22.1. The first-order chi connectivity index (χ1) is 16.7. The topological polar surface area (TPSA) is 105 Å². The van der Waals surface area contributed by atoms with Crippen LogP contribution in [-0.2, 0) is 26.2 Å².